The second kappa shape index (κ2) is 2.93. The lowest BCUT2D eigenvalue weighted by Gasteiger charge is -2.41. The highest BCUT2D eigenvalue weighted by molar-refractivity contribution is 9.10. The van der Waals surface area contributed by atoms with Gasteiger partial charge in [0.05, 0.1) is 4.47 Å². The Hall–Kier alpha value is -0.620. The SMILES string of the molecule is OC1(c2ncc(Br)cn2)CC(F)(F)C1. The Morgan fingerprint density at radius 2 is 1.79 bits per heavy atom. The van der Waals surface area contributed by atoms with Crippen LogP contribution in [-0.2, 0) is 5.60 Å². The number of halogens is 3. The lowest BCUT2D eigenvalue weighted by Crippen LogP contribution is -2.50. The molecule has 0 radical (unpaired) electrons. The molecule has 1 N–H and O–H groups in total. The molecule has 6 heteroatoms. The molecule has 0 bridgehead atoms. The summed E-state index contributed by atoms with van der Waals surface area (Å²) in [7, 11) is 0. The molecule has 76 valence electrons. The van der Waals surface area contributed by atoms with Crippen molar-refractivity contribution >= 4 is 15.9 Å². The van der Waals surface area contributed by atoms with Crippen LogP contribution in [0.3, 0.4) is 0 Å². The van der Waals surface area contributed by atoms with E-state index in [-0.39, 0.29) is 5.82 Å². The summed E-state index contributed by atoms with van der Waals surface area (Å²) in [6.07, 6.45) is 1.66. The summed E-state index contributed by atoms with van der Waals surface area (Å²) in [5, 5.41) is 9.69. The monoisotopic (exact) mass is 264 g/mol. The van der Waals surface area contributed by atoms with Gasteiger partial charge in [-0.25, -0.2) is 18.7 Å². The minimum atomic E-state index is -2.79. The first-order valence-corrected chi connectivity index (χ1v) is 4.79. The molecule has 0 amide bonds. The zero-order valence-electron chi connectivity index (χ0n) is 7.04. The van der Waals surface area contributed by atoms with Gasteiger partial charge in [0.1, 0.15) is 5.60 Å². The minimum Gasteiger partial charge on any atom is -0.381 e. The molecule has 1 saturated carbocycles. The van der Waals surface area contributed by atoms with Gasteiger partial charge in [0, 0.05) is 25.2 Å². The number of hydrogen-bond donors (Lipinski definition) is 1. The van der Waals surface area contributed by atoms with Crippen molar-refractivity contribution in [3.8, 4) is 0 Å². The summed E-state index contributed by atoms with van der Waals surface area (Å²) in [5.74, 6) is -2.72. The third kappa shape index (κ3) is 1.64. The molecule has 1 heterocycles. The Morgan fingerprint density at radius 1 is 1.29 bits per heavy atom. The second-order valence-corrected chi connectivity index (χ2v) is 4.38. The maximum Gasteiger partial charge on any atom is 0.254 e. The Bertz CT molecular complexity index is 347. The first kappa shape index (κ1) is 9.92. The molecule has 1 aromatic heterocycles. The lowest BCUT2D eigenvalue weighted by molar-refractivity contribution is -0.214. The quantitative estimate of drug-likeness (QED) is 0.842. The van der Waals surface area contributed by atoms with Crippen molar-refractivity contribution < 1.29 is 13.9 Å². The van der Waals surface area contributed by atoms with Gasteiger partial charge < -0.3 is 5.11 Å². The van der Waals surface area contributed by atoms with Crippen LogP contribution in [0.1, 0.15) is 18.7 Å². The summed E-state index contributed by atoms with van der Waals surface area (Å²) in [4.78, 5) is 7.59. The highest BCUT2D eigenvalue weighted by atomic mass is 79.9. The fourth-order valence-corrected chi connectivity index (χ4v) is 1.72. The largest absolute Gasteiger partial charge is 0.381 e. The van der Waals surface area contributed by atoms with Crippen molar-refractivity contribution in [3.63, 3.8) is 0 Å². The molecule has 14 heavy (non-hydrogen) atoms. The molecule has 0 saturated heterocycles. The molecule has 1 aromatic rings. The number of alkyl halides is 2. The van der Waals surface area contributed by atoms with Crippen LogP contribution in [-0.4, -0.2) is 21.0 Å². The fraction of sp³-hybridized carbons (Fsp3) is 0.500. The van der Waals surface area contributed by atoms with Crippen LogP contribution in [0.15, 0.2) is 16.9 Å². The molecular weight excluding hydrogens is 258 g/mol. The van der Waals surface area contributed by atoms with E-state index in [1.165, 1.54) is 12.4 Å². The summed E-state index contributed by atoms with van der Waals surface area (Å²) in [6.45, 7) is 0. The van der Waals surface area contributed by atoms with Crippen molar-refractivity contribution in [2.24, 2.45) is 0 Å². The molecule has 1 aliphatic carbocycles. The highest BCUT2D eigenvalue weighted by Crippen LogP contribution is 2.50. The Morgan fingerprint density at radius 3 is 2.21 bits per heavy atom. The van der Waals surface area contributed by atoms with Crippen molar-refractivity contribution in [2.75, 3.05) is 0 Å². The zero-order chi connectivity index (χ0) is 10.4. The van der Waals surface area contributed by atoms with Gasteiger partial charge in [0.2, 0.25) is 0 Å². The third-order valence-corrected chi connectivity index (χ3v) is 2.55. The first-order chi connectivity index (χ1) is 6.41. The Labute approximate surface area is 87.3 Å². The number of hydrogen-bond acceptors (Lipinski definition) is 3. The molecule has 0 atom stereocenters. The maximum atomic E-state index is 12.6. The van der Waals surface area contributed by atoms with Crippen molar-refractivity contribution in [1.29, 1.82) is 0 Å². The maximum absolute atomic E-state index is 12.6. The smallest absolute Gasteiger partial charge is 0.254 e. The first-order valence-electron chi connectivity index (χ1n) is 4.00. The van der Waals surface area contributed by atoms with Gasteiger partial charge in [-0.2, -0.15) is 0 Å². The van der Waals surface area contributed by atoms with Crippen molar-refractivity contribution in [2.45, 2.75) is 24.4 Å². The van der Waals surface area contributed by atoms with Crippen LogP contribution < -0.4 is 0 Å². The van der Waals surface area contributed by atoms with Gasteiger partial charge in [0.25, 0.3) is 5.92 Å². The average Bonchev–Trinajstić information content (AvgIpc) is 2.01. The summed E-state index contributed by atoms with van der Waals surface area (Å²) in [5.41, 5.74) is -1.55. The molecule has 0 aliphatic heterocycles. The Kier molecular flexibility index (Phi) is 2.08. The fourth-order valence-electron chi connectivity index (χ4n) is 1.51. The average molecular weight is 265 g/mol. The second-order valence-electron chi connectivity index (χ2n) is 3.47. The number of aromatic nitrogens is 2. The van der Waals surface area contributed by atoms with E-state index in [1.54, 1.807) is 0 Å². The molecule has 3 nitrogen and oxygen atoms in total. The van der Waals surface area contributed by atoms with Gasteiger partial charge in [-0.3, -0.25) is 0 Å². The topological polar surface area (TPSA) is 46.0 Å². The lowest BCUT2D eigenvalue weighted by atomic mass is 9.76. The van der Waals surface area contributed by atoms with Crippen LogP contribution in [0, 0.1) is 0 Å². The normalized spacial score (nSPS) is 22.9. The third-order valence-electron chi connectivity index (χ3n) is 2.14. The summed E-state index contributed by atoms with van der Waals surface area (Å²) >= 11 is 3.12. The minimum absolute atomic E-state index is 0.0617. The number of aliphatic hydroxyl groups is 1. The van der Waals surface area contributed by atoms with Crippen LogP contribution in [0.25, 0.3) is 0 Å². The van der Waals surface area contributed by atoms with Gasteiger partial charge in [-0.05, 0) is 15.9 Å². The molecule has 0 aromatic carbocycles. The Balaban J connectivity index is 2.21. The van der Waals surface area contributed by atoms with E-state index in [1.807, 2.05) is 0 Å². The van der Waals surface area contributed by atoms with Gasteiger partial charge in [0.15, 0.2) is 5.82 Å². The highest BCUT2D eigenvalue weighted by Gasteiger charge is 2.58. The summed E-state index contributed by atoms with van der Waals surface area (Å²) in [6, 6.07) is 0. The van der Waals surface area contributed by atoms with E-state index < -0.39 is 24.4 Å². The predicted octanol–water partition coefficient (Wildman–Crippen LogP) is 1.86. The number of nitrogens with zero attached hydrogens (tertiary/aromatic N) is 2. The molecule has 2 rings (SSSR count). The van der Waals surface area contributed by atoms with E-state index in [0.717, 1.165) is 0 Å². The van der Waals surface area contributed by atoms with Crippen LogP contribution in [0.4, 0.5) is 8.78 Å². The molecule has 1 aliphatic rings. The van der Waals surface area contributed by atoms with E-state index in [9.17, 15) is 13.9 Å². The van der Waals surface area contributed by atoms with Crippen molar-refractivity contribution in [3.05, 3.63) is 22.7 Å². The predicted molar refractivity (Wildman–Crippen MR) is 47.8 cm³/mol. The summed E-state index contributed by atoms with van der Waals surface area (Å²) < 4.78 is 25.8. The van der Waals surface area contributed by atoms with E-state index in [4.69, 9.17) is 0 Å². The standard InChI is InChI=1S/C8H7BrF2N2O/c9-5-1-12-6(13-2-5)7(14)3-8(10,11)4-7/h1-2,14H,3-4H2. The molecule has 1 fully saturated rings. The molecule has 0 spiro atoms. The van der Waals surface area contributed by atoms with Crippen LogP contribution in [0.2, 0.25) is 0 Å². The van der Waals surface area contributed by atoms with Crippen LogP contribution in [0.5, 0.6) is 0 Å². The van der Waals surface area contributed by atoms with Crippen molar-refractivity contribution in [1.82, 2.24) is 9.97 Å². The molecule has 0 unspecified atom stereocenters. The molecular formula is C8H7BrF2N2O. The van der Waals surface area contributed by atoms with Gasteiger partial charge >= 0.3 is 0 Å². The van der Waals surface area contributed by atoms with E-state index >= 15 is 0 Å². The van der Waals surface area contributed by atoms with Gasteiger partial charge in [-0.15, -0.1) is 0 Å². The van der Waals surface area contributed by atoms with E-state index in [2.05, 4.69) is 25.9 Å². The van der Waals surface area contributed by atoms with E-state index in [0.29, 0.717) is 4.47 Å². The van der Waals surface area contributed by atoms with Crippen LogP contribution >= 0.6 is 15.9 Å². The van der Waals surface area contributed by atoms with Gasteiger partial charge in [-0.1, -0.05) is 0 Å². The number of rotatable bonds is 1. The zero-order valence-corrected chi connectivity index (χ0v) is 8.63.